The van der Waals surface area contributed by atoms with Crippen molar-refractivity contribution in [3.63, 3.8) is 0 Å². The summed E-state index contributed by atoms with van der Waals surface area (Å²) < 4.78 is 25.2. The van der Waals surface area contributed by atoms with E-state index in [2.05, 4.69) is 62.4 Å². The molecule has 242 valence electrons. The van der Waals surface area contributed by atoms with Crippen molar-refractivity contribution in [2.75, 3.05) is 39.9 Å². The fourth-order valence-electron chi connectivity index (χ4n) is 5.46. The molecule has 0 aliphatic carbocycles. The highest BCUT2D eigenvalue weighted by molar-refractivity contribution is 9.26. The maximum Gasteiger partial charge on any atom is 0.134 e. The average molecular weight is 745 g/mol. The highest BCUT2D eigenvalue weighted by Crippen LogP contribution is 2.50. The van der Waals surface area contributed by atoms with Crippen LogP contribution in [-0.2, 0) is 18.9 Å². The van der Waals surface area contributed by atoms with Gasteiger partial charge in [0.1, 0.15) is 11.8 Å². The highest BCUT2D eigenvalue weighted by Gasteiger charge is 2.30. The molecule has 0 amide bonds. The number of para-hydroxylation sites is 2. The van der Waals surface area contributed by atoms with Crippen molar-refractivity contribution >= 4 is 103 Å². The van der Waals surface area contributed by atoms with Crippen LogP contribution in [0.3, 0.4) is 0 Å². The standard InChI is InChI=1S/C30H44N2O4S6Si2/c1-7-25(43-29(33-3)34-4)19(27-31-21-13-9-11-15-23(21)39-27)17-37-41-42-38-18-20(26(8-2)44-30(35-5)36-6)28-32-22-14-10-12-16-24(22)40-28/h9-16,19-20,25-26,29-30H,7-8,17-18,43-44H2,1-6H3. The van der Waals surface area contributed by atoms with E-state index in [-0.39, 0.29) is 11.8 Å². The largest absolute Gasteiger partial charge is 0.360 e. The van der Waals surface area contributed by atoms with E-state index in [0.717, 1.165) is 35.4 Å². The first-order chi connectivity index (χ1) is 21.5. The Morgan fingerprint density at radius 3 is 1.36 bits per heavy atom. The Morgan fingerprint density at radius 1 is 0.636 bits per heavy atom. The Balaban J connectivity index is 1.41. The van der Waals surface area contributed by atoms with Gasteiger partial charge >= 0.3 is 0 Å². The van der Waals surface area contributed by atoms with Gasteiger partial charge in [0, 0.05) is 51.8 Å². The molecule has 0 fully saturated rings. The second-order valence-electron chi connectivity index (χ2n) is 10.6. The van der Waals surface area contributed by atoms with Crippen molar-refractivity contribution in [2.45, 2.75) is 61.4 Å². The number of thiazole rings is 2. The lowest BCUT2D eigenvalue weighted by molar-refractivity contribution is -0.0451. The van der Waals surface area contributed by atoms with E-state index in [9.17, 15) is 0 Å². The first-order valence-electron chi connectivity index (χ1n) is 14.9. The average Bonchev–Trinajstić information content (AvgIpc) is 3.69. The molecule has 4 rings (SSSR count). The summed E-state index contributed by atoms with van der Waals surface area (Å²) in [5.41, 5.74) is 3.32. The summed E-state index contributed by atoms with van der Waals surface area (Å²) in [6.45, 7) is 4.60. The van der Waals surface area contributed by atoms with Gasteiger partial charge in [-0.1, -0.05) is 72.5 Å². The van der Waals surface area contributed by atoms with Crippen LogP contribution in [0.5, 0.6) is 0 Å². The summed E-state index contributed by atoms with van der Waals surface area (Å²) >= 11 is 3.70. The van der Waals surface area contributed by atoms with Crippen LogP contribution in [0.1, 0.15) is 48.5 Å². The lowest BCUT2D eigenvalue weighted by Gasteiger charge is -2.27. The molecule has 0 aliphatic heterocycles. The molecule has 0 saturated carbocycles. The summed E-state index contributed by atoms with van der Waals surface area (Å²) in [4.78, 5) is 10.2. The number of methoxy groups -OCH3 is 4. The highest BCUT2D eigenvalue weighted by atomic mass is 33.7. The van der Waals surface area contributed by atoms with Gasteiger partial charge in [0.15, 0.2) is 0 Å². The summed E-state index contributed by atoms with van der Waals surface area (Å²) in [6.07, 6.45) is 2.22. The van der Waals surface area contributed by atoms with Crippen molar-refractivity contribution in [1.29, 1.82) is 0 Å². The zero-order valence-corrected chi connectivity index (χ0v) is 34.0. The molecule has 0 aliphatic rings. The van der Waals surface area contributed by atoms with Crippen LogP contribution in [0, 0.1) is 0 Å². The van der Waals surface area contributed by atoms with E-state index in [1.54, 1.807) is 28.4 Å². The van der Waals surface area contributed by atoms with Crippen molar-refractivity contribution < 1.29 is 18.9 Å². The van der Waals surface area contributed by atoms with Crippen LogP contribution in [0.25, 0.3) is 20.4 Å². The number of hydrogen-bond donors (Lipinski definition) is 0. The predicted octanol–water partition coefficient (Wildman–Crippen LogP) is 8.34. The van der Waals surface area contributed by atoms with Crippen molar-refractivity contribution in [2.24, 2.45) is 0 Å². The van der Waals surface area contributed by atoms with Gasteiger partial charge in [-0.3, -0.25) is 0 Å². The number of aromatic nitrogens is 2. The first kappa shape index (κ1) is 36.7. The third-order valence-corrected chi connectivity index (χ3v) is 22.6. The Hall–Kier alpha value is -0.106. The molecule has 0 spiro atoms. The van der Waals surface area contributed by atoms with Crippen molar-refractivity contribution in [3.8, 4) is 0 Å². The summed E-state index contributed by atoms with van der Waals surface area (Å²) in [6, 6.07) is 17.0. The van der Waals surface area contributed by atoms with E-state index in [4.69, 9.17) is 28.9 Å². The molecule has 2 aromatic heterocycles. The smallest absolute Gasteiger partial charge is 0.134 e. The molecule has 2 heterocycles. The van der Waals surface area contributed by atoms with Crippen LogP contribution in [0.4, 0.5) is 0 Å². The monoisotopic (exact) mass is 744 g/mol. The SMILES string of the molecule is CCC([SiH2]C(OC)OC)C(CSSSSCC(c1nc2ccccc2s1)C(CC)[SiH2]C(OC)OC)c1nc2ccccc2s1. The molecule has 44 heavy (non-hydrogen) atoms. The molecule has 14 heteroatoms. The summed E-state index contributed by atoms with van der Waals surface area (Å²) in [7, 11) is 13.5. The lowest BCUT2D eigenvalue weighted by atomic mass is 10.1. The van der Waals surface area contributed by atoms with Crippen LogP contribution in [0.15, 0.2) is 48.5 Å². The second-order valence-corrected chi connectivity index (χ2v) is 23.2. The molecule has 6 nitrogen and oxygen atoms in total. The molecule has 0 saturated heterocycles. The Bertz CT molecular complexity index is 1220. The number of hydrogen-bond acceptors (Lipinski definition) is 12. The molecule has 0 radical (unpaired) electrons. The zero-order valence-electron chi connectivity index (χ0n) is 26.3. The van der Waals surface area contributed by atoms with Gasteiger partial charge in [0.05, 0.1) is 49.5 Å². The third-order valence-electron chi connectivity index (χ3n) is 8.10. The number of ether oxygens (including phenoxy) is 4. The van der Waals surface area contributed by atoms with Crippen LogP contribution < -0.4 is 0 Å². The quantitative estimate of drug-likeness (QED) is 0.0360. The van der Waals surface area contributed by atoms with Crippen LogP contribution in [0.2, 0.25) is 11.1 Å². The van der Waals surface area contributed by atoms with Gasteiger partial charge in [-0.05, 0) is 55.0 Å². The van der Waals surface area contributed by atoms with E-state index >= 15 is 0 Å². The molecule has 2 aromatic carbocycles. The van der Waals surface area contributed by atoms with Gasteiger partial charge in [0.25, 0.3) is 0 Å². The maximum absolute atomic E-state index is 5.67. The molecule has 0 N–H and O–H groups in total. The topological polar surface area (TPSA) is 62.7 Å². The molecule has 4 aromatic rings. The van der Waals surface area contributed by atoms with Gasteiger partial charge in [-0.2, -0.15) is 0 Å². The van der Waals surface area contributed by atoms with E-state index < -0.39 is 19.0 Å². The Kier molecular flexibility index (Phi) is 16.4. The molecule has 4 unspecified atom stereocenters. The van der Waals surface area contributed by atoms with E-state index in [1.165, 1.54) is 19.4 Å². The van der Waals surface area contributed by atoms with E-state index in [0.29, 0.717) is 22.9 Å². The Labute approximate surface area is 290 Å². The van der Waals surface area contributed by atoms with Crippen LogP contribution in [-0.4, -0.2) is 80.8 Å². The molecular weight excluding hydrogens is 701 g/mol. The molecule has 0 bridgehead atoms. The van der Waals surface area contributed by atoms with Gasteiger partial charge in [-0.15, -0.1) is 22.7 Å². The minimum absolute atomic E-state index is 0.0651. The Morgan fingerprint density at radius 2 is 1.02 bits per heavy atom. The van der Waals surface area contributed by atoms with Crippen molar-refractivity contribution in [3.05, 3.63) is 58.5 Å². The summed E-state index contributed by atoms with van der Waals surface area (Å²) in [5, 5.41) is 2.50. The summed E-state index contributed by atoms with van der Waals surface area (Å²) in [5.74, 6) is 2.71. The lowest BCUT2D eigenvalue weighted by Crippen LogP contribution is -2.29. The van der Waals surface area contributed by atoms with Crippen LogP contribution >= 0.6 is 63.9 Å². The fourth-order valence-corrected chi connectivity index (χ4v) is 19.3. The fraction of sp³-hybridized carbons (Fsp3) is 0.533. The minimum atomic E-state index is -0.644. The zero-order chi connectivity index (χ0) is 31.3. The van der Waals surface area contributed by atoms with E-state index in [1.807, 2.05) is 63.9 Å². The van der Waals surface area contributed by atoms with Gasteiger partial charge in [0.2, 0.25) is 0 Å². The van der Waals surface area contributed by atoms with Gasteiger partial charge in [-0.25, -0.2) is 9.97 Å². The number of fused-ring (bicyclic) bond motifs is 2. The van der Waals surface area contributed by atoms with Crippen molar-refractivity contribution in [1.82, 2.24) is 9.97 Å². The minimum Gasteiger partial charge on any atom is -0.360 e. The number of nitrogens with zero attached hydrogens (tertiary/aromatic N) is 2. The molecular formula is C30H44N2O4S6Si2. The normalized spacial score (nSPS) is 15.5. The second kappa shape index (κ2) is 19.7. The number of benzene rings is 2. The third kappa shape index (κ3) is 10.2. The molecule has 4 atom stereocenters. The van der Waals surface area contributed by atoms with Gasteiger partial charge < -0.3 is 18.9 Å². The predicted molar refractivity (Wildman–Crippen MR) is 206 cm³/mol. The number of rotatable bonds is 21. The first-order valence-corrected chi connectivity index (χ1v) is 25.0. The maximum atomic E-state index is 5.67.